The minimum Gasteiger partial charge on any atom is -0.0599 e. The van der Waals surface area contributed by atoms with E-state index in [-0.39, 0.29) is 0 Å². The predicted octanol–water partition coefficient (Wildman–Crippen LogP) is 4.70. The molecular formula is C14H27. The SMILES string of the molecule is CC(C)(C)C1[CH]CC(C(C)(C)C)CC1. The molecule has 0 heterocycles. The first-order valence-electron chi connectivity index (χ1n) is 6.04. The van der Waals surface area contributed by atoms with Crippen LogP contribution in [-0.2, 0) is 0 Å². The lowest BCUT2D eigenvalue weighted by Crippen LogP contribution is -2.31. The quantitative estimate of drug-likeness (QED) is 0.525. The molecule has 0 aromatic carbocycles. The summed E-state index contributed by atoms with van der Waals surface area (Å²) in [5, 5.41) is 0. The van der Waals surface area contributed by atoms with Gasteiger partial charge in [-0.05, 0) is 48.3 Å². The summed E-state index contributed by atoms with van der Waals surface area (Å²) in [7, 11) is 0. The molecule has 0 amide bonds. The first-order valence-corrected chi connectivity index (χ1v) is 6.04. The fraction of sp³-hybridized carbons (Fsp3) is 0.929. The third-order valence-electron chi connectivity index (χ3n) is 3.87. The highest BCUT2D eigenvalue weighted by atomic mass is 14.4. The van der Waals surface area contributed by atoms with Gasteiger partial charge in [0.05, 0.1) is 0 Å². The molecule has 2 unspecified atom stereocenters. The Morgan fingerprint density at radius 2 is 1.43 bits per heavy atom. The van der Waals surface area contributed by atoms with E-state index in [9.17, 15) is 0 Å². The Morgan fingerprint density at radius 1 is 0.857 bits per heavy atom. The summed E-state index contributed by atoms with van der Waals surface area (Å²) >= 11 is 0. The van der Waals surface area contributed by atoms with Gasteiger partial charge in [-0.2, -0.15) is 0 Å². The first-order chi connectivity index (χ1) is 6.21. The Labute approximate surface area is 90.5 Å². The molecule has 0 aliphatic heterocycles. The van der Waals surface area contributed by atoms with E-state index >= 15 is 0 Å². The lowest BCUT2D eigenvalue weighted by atomic mass is 9.64. The molecule has 0 spiro atoms. The maximum absolute atomic E-state index is 2.58. The highest BCUT2D eigenvalue weighted by Crippen LogP contribution is 2.44. The predicted molar refractivity (Wildman–Crippen MR) is 64.0 cm³/mol. The average Bonchev–Trinajstić information content (AvgIpc) is 2.01. The van der Waals surface area contributed by atoms with Crippen LogP contribution in [0.1, 0.15) is 60.8 Å². The van der Waals surface area contributed by atoms with Crippen LogP contribution in [0.2, 0.25) is 0 Å². The topological polar surface area (TPSA) is 0 Å². The summed E-state index contributed by atoms with van der Waals surface area (Å²) in [6, 6.07) is 0. The van der Waals surface area contributed by atoms with Crippen molar-refractivity contribution in [2.75, 3.05) is 0 Å². The molecular weight excluding hydrogens is 168 g/mol. The van der Waals surface area contributed by atoms with E-state index in [1.165, 1.54) is 19.3 Å². The Hall–Kier alpha value is 0. The van der Waals surface area contributed by atoms with Gasteiger partial charge in [0, 0.05) is 0 Å². The van der Waals surface area contributed by atoms with Gasteiger partial charge < -0.3 is 0 Å². The zero-order chi connectivity index (χ0) is 11.0. The average molecular weight is 195 g/mol. The molecule has 1 fully saturated rings. The van der Waals surface area contributed by atoms with Crippen molar-refractivity contribution in [1.29, 1.82) is 0 Å². The lowest BCUT2D eigenvalue weighted by molar-refractivity contribution is 0.138. The Bertz CT molecular complexity index is 147. The normalized spacial score (nSPS) is 30.4. The Balaban J connectivity index is 2.47. The second-order valence-corrected chi connectivity index (χ2v) is 7.08. The van der Waals surface area contributed by atoms with Gasteiger partial charge in [0.2, 0.25) is 0 Å². The number of rotatable bonds is 0. The molecule has 14 heavy (non-hydrogen) atoms. The van der Waals surface area contributed by atoms with Crippen LogP contribution in [0.4, 0.5) is 0 Å². The maximum atomic E-state index is 2.58. The van der Waals surface area contributed by atoms with E-state index in [2.05, 4.69) is 48.0 Å². The molecule has 1 aliphatic rings. The van der Waals surface area contributed by atoms with Crippen molar-refractivity contribution >= 4 is 0 Å². The molecule has 1 rings (SSSR count). The van der Waals surface area contributed by atoms with Crippen molar-refractivity contribution < 1.29 is 0 Å². The Morgan fingerprint density at radius 3 is 1.71 bits per heavy atom. The van der Waals surface area contributed by atoms with Crippen LogP contribution in [0, 0.1) is 29.1 Å². The number of hydrogen-bond acceptors (Lipinski definition) is 0. The van der Waals surface area contributed by atoms with Crippen molar-refractivity contribution in [1.82, 2.24) is 0 Å². The Kier molecular flexibility index (Phi) is 3.33. The van der Waals surface area contributed by atoms with Gasteiger partial charge in [0.1, 0.15) is 0 Å². The minimum atomic E-state index is 0.475. The van der Waals surface area contributed by atoms with E-state index in [1.54, 1.807) is 0 Å². The molecule has 2 atom stereocenters. The molecule has 83 valence electrons. The van der Waals surface area contributed by atoms with E-state index in [0.29, 0.717) is 10.8 Å². The van der Waals surface area contributed by atoms with Gasteiger partial charge in [-0.15, -0.1) is 0 Å². The molecule has 0 aromatic rings. The van der Waals surface area contributed by atoms with E-state index in [1.807, 2.05) is 0 Å². The van der Waals surface area contributed by atoms with Gasteiger partial charge in [-0.1, -0.05) is 41.5 Å². The molecule has 1 radical (unpaired) electrons. The zero-order valence-electron chi connectivity index (χ0n) is 10.9. The molecule has 0 bridgehead atoms. The third-order valence-corrected chi connectivity index (χ3v) is 3.87. The van der Waals surface area contributed by atoms with Crippen LogP contribution in [0.3, 0.4) is 0 Å². The third kappa shape index (κ3) is 3.00. The van der Waals surface area contributed by atoms with E-state index < -0.39 is 0 Å². The van der Waals surface area contributed by atoms with Gasteiger partial charge in [-0.25, -0.2) is 0 Å². The standard InChI is InChI=1S/C14H27/c1-13(2,3)11-7-9-12(10-8-11)14(4,5)6/h7,11-12H,8-10H2,1-6H3. The highest BCUT2D eigenvalue weighted by Gasteiger charge is 2.34. The van der Waals surface area contributed by atoms with Crippen LogP contribution in [0.25, 0.3) is 0 Å². The fourth-order valence-corrected chi connectivity index (χ4v) is 2.52. The molecule has 0 nitrogen and oxygen atoms in total. The van der Waals surface area contributed by atoms with Crippen LogP contribution >= 0.6 is 0 Å². The minimum absolute atomic E-state index is 0.475. The van der Waals surface area contributed by atoms with Gasteiger partial charge in [0.15, 0.2) is 0 Å². The monoisotopic (exact) mass is 195 g/mol. The van der Waals surface area contributed by atoms with Gasteiger partial charge in [-0.3, -0.25) is 0 Å². The summed E-state index contributed by atoms with van der Waals surface area (Å²) in [6.45, 7) is 14.2. The molecule has 0 N–H and O–H groups in total. The molecule has 0 saturated heterocycles. The molecule has 0 aromatic heterocycles. The largest absolute Gasteiger partial charge is 0.0599 e. The van der Waals surface area contributed by atoms with Crippen LogP contribution in [0.15, 0.2) is 0 Å². The smallest absolute Gasteiger partial charge is 0.0334 e. The number of hydrogen-bond donors (Lipinski definition) is 0. The van der Waals surface area contributed by atoms with Crippen LogP contribution in [-0.4, -0.2) is 0 Å². The summed E-state index contributed by atoms with van der Waals surface area (Å²) in [5.74, 6) is 1.74. The zero-order valence-corrected chi connectivity index (χ0v) is 10.9. The van der Waals surface area contributed by atoms with Crippen molar-refractivity contribution in [3.8, 4) is 0 Å². The molecule has 1 saturated carbocycles. The highest BCUT2D eigenvalue weighted by molar-refractivity contribution is 4.94. The molecule has 1 aliphatic carbocycles. The van der Waals surface area contributed by atoms with Crippen molar-refractivity contribution in [3.05, 3.63) is 6.42 Å². The second kappa shape index (κ2) is 3.87. The van der Waals surface area contributed by atoms with Crippen molar-refractivity contribution in [2.45, 2.75) is 60.8 Å². The van der Waals surface area contributed by atoms with Crippen LogP contribution < -0.4 is 0 Å². The summed E-state index contributed by atoms with van der Waals surface area (Å²) in [4.78, 5) is 0. The van der Waals surface area contributed by atoms with Crippen molar-refractivity contribution in [2.24, 2.45) is 22.7 Å². The van der Waals surface area contributed by atoms with Gasteiger partial charge >= 0.3 is 0 Å². The van der Waals surface area contributed by atoms with E-state index in [4.69, 9.17) is 0 Å². The first kappa shape index (κ1) is 12.1. The summed E-state index contributed by atoms with van der Waals surface area (Å²) in [6.07, 6.45) is 6.72. The lowest BCUT2D eigenvalue weighted by Gasteiger charge is -2.41. The summed E-state index contributed by atoms with van der Waals surface area (Å²) in [5.41, 5.74) is 0.974. The van der Waals surface area contributed by atoms with Crippen LogP contribution in [0.5, 0.6) is 0 Å². The van der Waals surface area contributed by atoms with Gasteiger partial charge in [0.25, 0.3) is 0 Å². The van der Waals surface area contributed by atoms with E-state index in [0.717, 1.165) is 11.8 Å². The van der Waals surface area contributed by atoms with Crippen molar-refractivity contribution in [3.63, 3.8) is 0 Å². The summed E-state index contributed by atoms with van der Waals surface area (Å²) < 4.78 is 0. The maximum Gasteiger partial charge on any atom is -0.0334 e. The second-order valence-electron chi connectivity index (χ2n) is 7.08. The molecule has 0 heteroatoms. The fourth-order valence-electron chi connectivity index (χ4n) is 2.52.